The number of carbonyl (C=O) groups is 2. The molecule has 1 aliphatic heterocycles. The molecular weight excluding hydrogens is 266 g/mol. The summed E-state index contributed by atoms with van der Waals surface area (Å²) >= 11 is 0. The third-order valence-corrected chi connectivity index (χ3v) is 3.04. The maximum atomic E-state index is 12.0. The van der Waals surface area contributed by atoms with Gasteiger partial charge in [0.15, 0.2) is 0 Å². The third-order valence-electron chi connectivity index (χ3n) is 3.04. The lowest BCUT2D eigenvalue weighted by Gasteiger charge is -2.20. The van der Waals surface area contributed by atoms with Crippen molar-refractivity contribution < 1.29 is 28.9 Å². The Labute approximate surface area is 115 Å². The molecule has 1 unspecified atom stereocenters. The van der Waals surface area contributed by atoms with E-state index < -0.39 is 17.5 Å². The standard InChI is InChI=1S/C13H15NO6/c1-4-20-12(16)13(17)10-8(14-11(13)15)5-7(18-2)6-9(10)19-3/h5-6,17H,4H2,1-3H3,(H,14,15). The number of amides is 1. The molecule has 1 atom stereocenters. The van der Waals surface area contributed by atoms with Gasteiger partial charge in [0.05, 0.1) is 32.1 Å². The molecule has 1 aromatic carbocycles. The first kappa shape index (κ1) is 14.1. The quantitative estimate of drug-likeness (QED) is 0.613. The second-order valence-electron chi connectivity index (χ2n) is 4.14. The van der Waals surface area contributed by atoms with Crippen LogP contribution in [0, 0.1) is 0 Å². The molecule has 20 heavy (non-hydrogen) atoms. The fourth-order valence-corrected chi connectivity index (χ4v) is 2.10. The van der Waals surface area contributed by atoms with Gasteiger partial charge in [-0.1, -0.05) is 0 Å². The molecule has 0 spiro atoms. The van der Waals surface area contributed by atoms with Crippen LogP contribution < -0.4 is 14.8 Å². The second-order valence-corrected chi connectivity index (χ2v) is 4.14. The molecule has 2 rings (SSSR count). The minimum atomic E-state index is -2.41. The maximum absolute atomic E-state index is 12.0. The summed E-state index contributed by atoms with van der Waals surface area (Å²) in [5, 5.41) is 12.9. The number of hydrogen-bond donors (Lipinski definition) is 2. The zero-order valence-electron chi connectivity index (χ0n) is 11.4. The van der Waals surface area contributed by atoms with Crippen LogP contribution >= 0.6 is 0 Å². The van der Waals surface area contributed by atoms with Crippen molar-refractivity contribution in [1.82, 2.24) is 0 Å². The first-order chi connectivity index (χ1) is 9.48. The molecular formula is C13H15NO6. The van der Waals surface area contributed by atoms with Crippen molar-refractivity contribution in [2.24, 2.45) is 0 Å². The monoisotopic (exact) mass is 281 g/mol. The number of aliphatic hydroxyl groups is 1. The Morgan fingerprint density at radius 3 is 2.60 bits per heavy atom. The van der Waals surface area contributed by atoms with E-state index in [1.165, 1.54) is 26.4 Å². The third kappa shape index (κ3) is 1.87. The van der Waals surface area contributed by atoms with E-state index in [1.807, 2.05) is 0 Å². The fourth-order valence-electron chi connectivity index (χ4n) is 2.10. The molecule has 0 saturated heterocycles. The highest BCUT2D eigenvalue weighted by atomic mass is 16.6. The van der Waals surface area contributed by atoms with Crippen LogP contribution in [0.5, 0.6) is 11.5 Å². The molecule has 0 bridgehead atoms. The minimum Gasteiger partial charge on any atom is -0.497 e. The fraction of sp³-hybridized carbons (Fsp3) is 0.385. The van der Waals surface area contributed by atoms with Gasteiger partial charge in [0.1, 0.15) is 11.5 Å². The lowest BCUT2D eigenvalue weighted by atomic mass is 9.94. The summed E-state index contributed by atoms with van der Waals surface area (Å²) in [6.07, 6.45) is 0. The zero-order chi connectivity index (χ0) is 14.9. The average molecular weight is 281 g/mol. The summed E-state index contributed by atoms with van der Waals surface area (Å²) in [6.45, 7) is 1.63. The van der Waals surface area contributed by atoms with Crippen LogP contribution in [0.2, 0.25) is 0 Å². The lowest BCUT2D eigenvalue weighted by molar-refractivity contribution is -0.169. The number of hydrogen-bond acceptors (Lipinski definition) is 6. The van der Waals surface area contributed by atoms with Gasteiger partial charge in [0, 0.05) is 12.1 Å². The van der Waals surface area contributed by atoms with Gasteiger partial charge in [-0.05, 0) is 6.92 Å². The molecule has 7 nitrogen and oxygen atoms in total. The Kier molecular flexibility index (Phi) is 3.54. The van der Waals surface area contributed by atoms with E-state index in [0.29, 0.717) is 5.75 Å². The normalized spacial score (nSPS) is 20.1. The summed E-state index contributed by atoms with van der Waals surface area (Å²) in [7, 11) is 2.82. The molecule has 108 valence electrons. The van der Waals surface area contributed by atoms with E-state index in [2.05, 4.69) is 5.32 Å². The van der Waals surface area contributed by atoms with Crippen LogP contribution in [0.1, 0.15) is 12.5 Å². The van der Waals surface area contributed by atoms with E-state index in [4.69, 9.17) is 14.2 Å². The number of anilines is 1. The molecule has 1 aromatic rings. The summed E-state index contributed by atoms with van der Waals surface area (Å²) in [5.41, 5.74) is -2.13. The SMILES string of the molecule is CCOC(=O)C1(O)C(=O)Nc2cc(OC)cc(OC)c21. The minimum absolute atomic E-state index is 0.0317. The maximum Gasteiger partial charge on any atom is 0.353 e. The summed E-state index contributed by atoms with van der Waals surface area (Å²) in [5.74, 6) is -1.33. The molecule has 0 saturated carbocycles. The van der Waals surface area contributed by atoms with E-state index in [-0.39, 0.29) is 23.6 Å². The van der Waals surface area contributed by atoms with Gasteiger partial charge in [-0.15, -0.1) is 0 Å². The number of rotatable bonds is 4. The molecule has 0 fully saturated rings. The number of methoxy groups -OCH3 is 2. The number of fused-ring (bicyclic) bond motifs is 1. The van der Waals surface area contributed by atoms with Crippen LogP contribution in [0.3, 0.4) is 0 Å². The Morgan fingerprint density at radius 2 is 2.05 bits per heavy atom. The average Bonchev–Trinajstić information content (AvgIpc) is 2.70. The predicted octanol–water partition coefficient (Wildman–Crippen LogP) is 0.407. The molecule has 2 N–H and O–H groups in total. The first-order valence-electron chi connectivity index (χ1n) is 5.96. The zero-order valence-corrected chi connectivity index (χ0v) is 11.4. The molecule has 0 aromatic heterocycles. The highest BCUT2D eigenvalue weighted by Gasteiger charge is 2.55. The number of ether oxygens (including phenoxy) is 3. The van der Waals surface area contributed by atoms with E-state index in [1.54, 1.807) is 6.92 Å². The Bertz CT molecular complexity index is 570. The molecule has 7 heteroatoms. The van der Waals surface area contributed by atoms with Crippen molar-refractivity contribution in [2.75, 3.05) is 26.1 Å². The van der Waals surface area contributed by atoms with Gasteiger partial charge in [0.25, 0.3) is 11.5 Å². The van der Waals surface area contributed by atoms with Crippen molar-refractivity contribution in [3.05, 3.63) is 17.7 Å². The second kappa shape index (κ2) is 5.01. The lowest BCUT2D eigenvalue weighted by Crippen LogP contribution is -2.43. The van der Waals surface area contributed by atoms with Crippen molar-refractivity contribution in [1.29, 1.82) is 0 Å². The van der Waals surface area contributed by atoms with Gasteiger partial charge in [0.2, 0.25) is 0 Å². The number of esters is 1. The van der Waals surface area contributed by atoms with Crippen LogP contribution in [0.15, 0.2) is 12.1 Å². The number of benzene rings is 1. The topological polar surface area (TPSA) is 94.1 Å². The van der Waals surface area contributed by atoms with Crippen molar-refractivity contribution >= 4 is 17.6 Å². The van der Waals surface area contributed by atoms with E-state index >= 15 is 0 Å². The van der Waals surface area contributed by atoms with E-state index in [9.17, 15) is 14.7 Å². The molecule has 1 amide bonds. The largest absolute Gasteiger partial charge is 0.497 e. The summed E-state index contributed by atoms with van der Waals surface area (Å²) < 4.78 is 15.0. The van der Waals surface area contributed by atoms with Crippen LogP contribution in [0.25, 0.3) is 0 Å². The highest BCUT2D eigenvalue weighted by Crippen LogP contribution is 2.45. The molecule has 1 aliphatic rings. The van der Waals surface area contributed by atoms with Crippen molar-refractivity contribution in [2.45, 2.75) is 12.5 Å². The van der Waals surface area contributed by atoms with Gasteiger partial charge in [-0.3, -0.25) is 4.79 Å². The van der Waals surface area contributed by atoms with E-state index in [0.717, 1.165) is 0 Å². The predicted molar refractivity (Wildman–Crippen MR) is 68.7 cm³/mol. The number of carbonyl (C=O) groups excluding carboxylic acids is 2. The van der Waals surface area contributed by atoms with Crippen molar-refractivity contribution in [3.8, 4) is 11.5 Å². The van der Waals surface area contributed by atoms with Crippen LogP contribution in [-0.4, -0.2) is 37.8 Å². The van der Waals surface area contributed by atoms with Gasteiger partial charge < -0.3 is 24.6 Å². The smallest absolute Gasteiger partial charge is 0.353 e. The molecule has 1 heterocycles. The first-order valence-corrected chi connectivity index (χ1v) is 5.96. The van der Waals surface area contributed by atoms with Gasteiger partial charge in [-0.25, -0.2) is 4.79 Å². The Hall–Kier alpha value is -2.28. The highest BCUT2D eigenvalue weighted by molar-refractivity contribution is 6.18. The molecule has 0 radical (unpaired) electrons. The van der Waals surface area contributed by atoms with Gasteiger partial charge >= 0.3 is 5.97 Å². The van der Waals surface area contributed by atoms with Gasteiger partial charge in [-0.2, -0.15) is 0 Å². The van der Waals surface area contributed by atoms with Crippen LogP contribution in [0.4, 0.5) is 5.69 Å². The van der Waals surface area contributed by atoms with Crippen molar-refractivity contribution in [3.63, 3.8) is 0 Å². The van der Waals surface area contributed by atoms with Crippen LogP contribution in [-0.2, 0) is 19.9 Å². The molecule has 0 aliphatic carbocycles. The Balaban J connectivity index is 2.62. The Morgan fingerprint density at radius 1 is 1.35 bits per heavy atom. The number of nitrogens with one attached hydrogen (secondary N) is 1. The summed E-state index contributed by atoms with van der Waals surface area (Å²) in [4.78, 5) is 23.9. The summed E-state index contributed by atoms with van der Waals surface area (Å²) in [6, 6.07) is 2.97.